The molecule has 0 atom stereocenters. The number of imidazole rings is 1. The molecule has 1 saturated heterocycles. The van der Waals surface area contributed by atoms with E-state index >= 15 is 0 Å². The third-order valence-electron chi connectivity index (χ3n) is 7.91. The first kappa shape index (κ1) is 22.8. The Bertz CT molecular complexity index is 1310. The Kier molecular flexibility index (Phi) is 5.32. The maximum absolute atomic E-state index is 14.9. The summed E-state index contributed by atoms with van der Waals surface area (Å²) in [6.45, 7) is 4.44. The van der Waals surface area contributed by atoms with Crippen molar-refractivity contribution in [3.05, 3.63) is 53.1 Å². The molecule has 0 unspecified atom stereocenters. The van der Waals surface area contributed by atoms with Gasteiger partial charge in [0, 0.05) is 35.4 Å². The number of hydrogen-bond donors (Lipinski definition) is 2. The third-order valence-corrected chi connectivity index (χ3v) is 8.14. The largest absolute Gasteiger partial charge is 0.492 e. The molecule has 1 aliphatic carbocycles. The predicted molar refractivity (Wildman–Crippen MR) is 132 cm³/mol. The first-order chi connectivity index (χ1) is 16.7. The minimum absolute atomic E-state index is 0.0550. The number of hydrogen-bond acceptors (Lipinski definition) is 5. The summed E-state index contributed by atoms with van der Waals surface area (Å²) in [4.78, 5) is 19.4. The summed E-state index contributed by atoms with van der Waals surface area (Å²) in [5, 5.41) is 13.7. The molecule has 2 N–H and O–H groups in total. The van der Waals surface area contributed by atoms with Crippen molar-refractivity contribution < 1.29 is 19.0 Å². The molecule has 3 aromatic rings. The van der Waals surface area contributed by atoms with Crippen molar-refractivity contribution >= 4 is 34.2 Å². The first-order valence-electron chi connectivity index (χ1n) is 12.1. The molecule has 1 saturated carbocycles. The van der Waals surface area contributed by atoms with Gasteiger partial charge in [0.25, 0.3) is 0 Å². The number of aromatic nitrogens is 2. The van der Waals surface area contributed by atoms with Crippen molar-refractivity contribution in [3.63, 3.8) is 0 Å². The summed E-state index contributed by atoms with van der Waals surface area (Å²) in [7, 11) is 0. The molecule has 2 fully saturated rings. The summed E-state index contributed by atoms with van der Waals surface area (Å²) in [6.07, 6.45) is 4.27. The molecule has 3 heterocycles. The van der Waals surface area contributed by atoms with Gasteiger partial charge in [0.05, 0.1) is 22.9 Å². The second-order valence-electron chi connectivity index (χ2n) is 10.4. The quantitative estimate of drug-likeness (QED) is 0.549. The Labute approximate surface area is 207 Å². The lowest BCUT2D eigenvalue weighted by Crippen LogP contribution is -2.47. The van der Waals surface area contributed by atoms with E-state index in [2.05, 4.69) is 15.2 Å². The lowest BCUT2D eigenvalue weighted by atomic mass is 9.73. The van der Waals surface area contributed by atoms with Gasteiger partial charge in [-0.15, -0.1) is 0 Å². The van der Waals surface area contributed by atoms with Crippen LogP contribution in [0.25, 0.3) is 11.0 Å². The van der Waals surface area contributed by atoms with Gasteiger partial charge in [-0.25, -0.2) is 9.37 Å². The van der Waals surface area contributed by atoms with E-state index in [4.69, 9.17) is 16.3 Å². The summed E-state index contributed by atoms with van der Waals surface area (Å²) in [6, 6.07) is 8.82. The fourth-order valence-electron chi connectivity index (χ4n) is 5.94. The maximum atomic E-state index is 14.9. The summed E-state index contributed by atoms with van der Waals surface area (Å²) >= 11 is 6.21. The smallest absolute Gasteiger partial charge is 0.235 e. The summed E-state index contributed by atoms with van der Waals surface area (Å²) < 4.78 is 22.6. The van der Waals surface area contributed by atoms with Gasteiger partial charge in [-0.3, -0.25) is 9.69 Å². The summed E-state index contributed by atoms with van der Waals surface area (Å²) in [5.41, 5.74) is 1.66. The Morgan fingerprint density at radius 2 is 2.03 bits per heavy atom. The zero-order valence-corrected chi connectivity index (χ0v) is 20.3. The summed E-state index contributed by atoms with van der Waals surface area (Å²) in [5.74, 6) is 0.138. The van der Waals surface area contributed by atoms with Crippen LogP contribution < -0.4 is 10.1 Å². The number of anilines is 1. The normalized spacial score (nSPS) is 25.5. The molecule has 1 aromatic heterocycles. The minimum Gasteiger partial charge on any atom is -0.492 e. The van der Waals surface area contributed by atoms with E-state index in [9.17, 15) is 14.3 Å². The molecule has 2 aromatic carbocycles. The molecule has 35 heavy (non-hydrogen) atoms. The Balaban J connectivity index is 1.07. The van der Waals surface area contributed by atoms with Crippen LogP contribution in [0.3, 0.4) is 0 Å². The highest BCUT2D eigenvalue weighted by atomic mass is 35.5. The number of fused-ring (bicyclic) bond motifs is 3. The third kappa shape index (κ3) is 3.88. The highest BCUT2D eigenvalue weighted by Gasteiger charge is 2.48. The maximum Gasteiger partial charge on any atom is 0.235 e. The van der Waals surface area contributed by atoms with E-state index in [1.807, 2.05) is 16.7 Å². The Morgan fingerprint density at radius 3 is 2.77 bits per heavy atom. The average Bonchev–Trinajstić information content (AvgIpc) is 3.33. The molecule has 184 valence electrons. The molecule has 0 radical (unpaired) electrons. The second-order valence-corrected chi connectivity index (χ2v) is 10.8. The number of carbonyl (C=O) groups excluding carboxylic acids is 1. The van der Waals surface area contributed by atoms with Crippen molar-refractivity contribution in [3.8, 4) is 5.75 Å². The van der Waals surface area contributed by atoms with E-state index < -0.39 is 11.0 Å². The van der Waals surface area contributed by atoms with Gasteiger partial charge in [-0.1, -0.05) is 11.6 Å². The van der Waals surface area contributed by atoms with Crippen LogP contribution in [0.15, 0.2) is 36.7 Å². The molecule has 3 aliphatic rings. The second kappa shape index (κ2) is 8.18. The Morgan fingerprint density at radius 1 is 1.26 bits per heavy atom. The van der Waals surface area contributed by atoms with Crippen molar-refractivity contribution in [2.24, 2.45) is 0 Å². The number of benzene rings is 2. The van der Waals surface area contributed by atoms with Crippen molar-refractivity contribution in [2.75, 3.05) is 31.6 Å². The van der Waals surface area contributed by atoms with Crippen molar-refractivity contribution in [2.45, 2.75) is 49.7 Å². The van der Waals surface area contributed by atoms with Crippen molar-refractivity contribution in [1.29, 1.82) is 0 Å². The average molecular weight is 499 g/mol. The van der Waals surface area contributed by atoms with Crippen LogP contribution in [-0.2, 0) is 10.2 Å². The number of nitrogens with one attached hydrogen (secondary N) is 1. The predicted octanol–water partition coefficient (Wildman–Crippen LogP) is 4.28. The number of nitrogens with zero attached hydrogens (tertiary/aromatic N) is 3. The van der Waals surface area contributed by atoms with Gasteiger partial charge < -0.3 is 19.7 Å². The van der Waals surface area contributed by atoms with Gasteiger partial charge in [0.1, 0.15) is 17.9 Å². The van der Waals surface area contributed by atoms with Crippen molar-refractivity contribution in [1.82, 2.24) is 14.5 Å². The monoisotopic (exact) mass is 498 g/mol. The molecule has 1 spiro atoms. The molecule has 6 rings (SSSR count). The highest BCUT2D eigenvalue weighted by Crippen LogP contribution is 2.46. The topological polar surface area (TPSA) is 79.6 Å². The van der Waals surface area contributed by atoms with Gasteiger partial charge in [-0.05, 0) is 69.5 Å². The van der Waals surface area contributed by atoms with Gasteiger partial charge in [0.15, 0.2) is 5.82 Å². The SMILES string of the molecule is CC1(O)CC(n2cnc3cc(OCCN4CCC5(CC4)C(=O)Nc4ccc(Cl)cc45)cc(F)c32)C1. The van der Waals surface area contributed by atoms with Crippen LogP contribution in [0.1, 0.15) is 44.2 Å². The number of amides is 1. The van der Waals surface area contributed by atoms with Gasteiger partial charge >= 0.3 is 0 Å². The zero-order chi connectivity index (χ0) is 24.4. The Hall–Kier alpha value is -2.68. The van der Waals surface area contributed by atoms with Gasteiger partial charge in [0.2, 0.25) is 5.91 Å². The lowest BCUT2D eigenvalue weighted by Gasteiger charge is -2.41. The molecule has 1 amide bonds. The molecular weight excluding hydrogens is 471 g/mol. The number of halogens is 2. The van der Waals surface area contributed by atoms with Crippen LogP contribution in [-0.4, -0.2) is 57.3 Å². The molecule has 0 bridgehead atoms. The zero-order valence-electron chi connectivity index (χ0n) is 19.6. The molecule has 2 aliphatic heterocycles. The van der Waals surface area contributed by atoms with Crippen LogP contribution in [0, 0.1) is 5.82 Å². The highest BCUT2D eigenvalue weighted by molar-refractivity contribution is 6.31. The van der Waals surface area contributed by atoms with E-state index in [1.54, 1.807) is 25.4 Å². The fourth-order valence-corrected chi connectivity index (χ4v) is 6.11. The number of aliphatic hydroxyl groups is 1. The molecule has 7 nitrogen and oxygen atoms in total. The molecule has 9 heteroatoms. The van der Waals surface area contributed by atoms with Gasteiger partial charge in [-0.2, -0.15) is 0 Å². The standard InChI is InChI=1S/C26H28ClFN4O3/c1-25(34)13-17(14-25)32-15-29-22-12-18(11-20(28)23(22)32)35-9-8-31-6-4-26(5-7-31)19-10-16(27)2-3-21(19)30-24(26)33/h2-3,10-12,15,17,34H,4-9,13-14H2,1H3,(H,30,33). The van der Waals surface area contributed by atoms with E-state index in [0.717, 1.165) is 37.2 Å². The van der Waals surface area contributed by atoms with E-state index in [1.165, 1.54) is 6.07 Å². The van der Waals surface area contributed by atoms with Crippen LogP contribution in [0.5, 0.6) is 5.75 Å². The first-order valence-corrected chi connectivity index (χ1v) is 12.5. The number of piperidine rings is 1. The number of rotatable bonds is 5. The molecular formula is C26H28ClFN4O3. The number of likely N-dealkylation sites (tertiary alicyclic amines) is 1. The lowest BCUT2D eigenvalue weighted by molar-refractivity contribution is -0.122. The number of carbonyl (C=O) groups is 1. The minimum atomic E-state index is -0.688. The number of ether oxygens (including phenoxy) is 1. The van der Waals surface area contributed by atoms with E-state index in [0.29, 0.717) is 47.8 Å². The fraction of sp³-hybridized carbons (Fsp3) is 0.462. The van der Waals surface area contributed by atoms with E-state index in [-0.39, 0.29) is 17.8 Å². The van der Waals surface area contributed by atoms with Crippen LogP contribution in [0.2, 0.25) is 5.02 Å². The van der Waals surface area contributed by atoms with Crippen LogP contribution in [0.4, 0.5) is 10.1 Å². The van der Waals surface area contributed by atoms with Crippen LogP contribution >= 0.6 is 11.6 Å².